The molecule has 2 heterocycles. The molecule has 0 aliphatic rings. The summed E-state index contributed by atoms with van der Waals surface area (Å²) in [5.74, 6) is -0.494. The monoisotopic (exact) mass is 348 g/mol. The highest BCUT2D eigenvalue weighted by Crippen LogP contribution is 2.27. The number of hydrogen-bond donors (Lipinski definition) is 0. The van der Waals surface area contributed by atoms with Crippen LogP contribution in [0.3, 0.4) is 0 Å². The molecule has 1 aromatic carbocycles. The fourth-order valence-electron chi connectivity index (χ4n) is 2.03. The first-order valence-corrected chi connectivity index (χ1v) is 7.15. The topological polar surface area (TPSA) is 65.2 Å². The number of alkyl halides is 3. The Morgan fingerprint density at radius 2 is 1.88 bits per heavy atom. The number of esters is 1. The van der Waals surface area contributed by atoms with Gasteiger partial charge >= 0.3 is 12.1 Å². The minimum Gasteiger partial charge on any atom is -0.454 e. The molecule has 0 spiro atoms. The fourth-order valence-corrected chi connectivity index (χ4v) is 2.03. The van der Waals surface area contributed by atoms with Gasteiger partial charge in [-0.25, -0.2) is 4.79 Å². The van der Waals surface area contributed by atoms with Crippen molar-refractivity contribution < 1.29 is 27.2 Å². The molecule has 0 amide bonds. The Labute approximate surface area is 140 Å². The molecule has 0 N–H and O–H groups in total. The molecule has 0 saturated carbocycles. The van der Waals surface area contributed by atoms with Crippen LogP contribution in [0.25, 0.3) is 11.3 Å². The summed E-state index contributed by atoms with van der Waals surface area (Å²) in [6.07, 6.45) is -3.74. The van der Waals surface area contributed by atoms with E-state index in [1.54, 1.807) is 6.07 Å². The Hall–Kier alpha value is -3.16. The summed E-state index contributed by atoms with van der Waals surface area (Å²) in [5, 5.41) is 3.87. The quantitative estimate of drug-likeness (QED) is 0.664. The number of halogens is 3. The lowest BCUT2D eigenvalue weighted by molar-refractivity contribution is -0.141. The van der Waals surface area contributed by atoms with Crippen LogP contribution in [0.1, 0.15) is 21.8 Å². The number of aromatic nitrogens is 2. The smallest absolute Gasteiger partial charge is 0.433 e. The Bertz CT molecular complexity index is 859. The van der Waals surface area contributed by atoms with Crippen LogP contribution in [0.4, 0.5) is 13.2 Å². The van der Waals surface area contributed by atoms with Crippen molar-refractivity contribution in [2.24, 2.45) is 0 Å². The average molecular weight is 348 g/mol. The highest BCUT2D eigenvalue weighted by Gasteiger charge is 2.32. The molecule has 0 radical (unpaired) electrons. The highest BCUT2D eigenvalue weighted by molar-refractivity contribution is 5.88. The second kappa shape index (κ2) is 6.76. The zero-order valence-corrected chi connectivity index (χ0v) is 12.7. The van der Waals surface area contributed by atoms with Crippen LogP contribution in [0.5, 0.6) is 0 Å². The van der Waals surface area contributed by atoms with Gasteiger partial charge < -0.3 is 9.26 Å². The molecule has 2 aromatic heterocycles. The molecule has 0 aliphatic carbocycles. The molecular weight excluding hydrogens is 337 g/mol. The number of rotatable bonds is 4. The molecule has 0 aliphatic heterocycles. The van der Waals surface area contributed by atoms with E-state index in [-0.39, 0.29) is 12.2 Å². The number of hydrogen-bond acceptors (Lipinski definition) is 5. The SMILES string of the molecule is O=C(OCc1cc(-c2ccccc2)no1)c1ccc(C(F)(F)F)nc1. The van der Waals surface area contributed by atoms with Crippen molar-refractivity contribution in [2.75, 3.05) is 0 Å². The number of benzene rings is 1. The van der Waals surface area contributed by atoms with Crippen LogP contribution < -0.4 is 0 Å². The molecule has 0 saturated heterocycles. The van der Waals surface area contributed by atoms with Crippen molar-refractivity contribution in [2.45, 2.75) is 12.8 Å². The van der Waals surface area contributed by atoms with Crippen LogP contribution in [0, 0.1) is 0 Å². The number of pyridine rings is 1. The Balaban J connectivity index is 1.62. The summed E-state index contributed by atoms with van der Waals surface area (Å²) in [5.41, 5.74) is 0.265. The van der Waals surface area contributed by atoms with E-state index in [1.165, 1.54) is 0 Å². The molecule has 8 heteroatoms. The normalized spacial score (nSPS) is 11.3. The van der Waals surface area contributed by atoms with Crippen LogP contribution in [-0.2, 0) is 17.5 Å². The predicted molar refractivity (Wildman–Crippen MR) is 80.3 cm³/mol. The molecule has 3 aromatic rings. The van der Waals surface area contributed by atoms with Gasteiger partial charge in [0.1, 0.15) is 11.4 Å². The van der Waals surface area contributed by atoms with Crippen molar-refractivity contribution >= 4 is 5.97 Å². The fraction of sp³-hybridized carbons (Fsp3) is 0.118. The Morgan fingerprint density at radius 3 is 2.52 bits per heavy atom. The molecular formula is C17H11F3N2O3. The summed E-state index contributed by atoms with van der Waals surface area (Å²) < 4.78 is 47.4. The van der Waals surface area contributed by atoms with E-state index in [4.69, 9.17) is 9.26 Å². The van der Waals surface area contributed by atoms with Gasteiger partial charge in [-0.3, -0.25) is 4.98 Å². The van der Waals surface area contributed by atoms with Gasteiger partial charge in [-0.2, -0.15) is 13.2 Å². The number of nitrogens with zero attached hydrogens (tertiary/aromatic N) is 2. The lowest BCUT2D eigenvalue weighted by atomic mass is 10.1. The minimum atomic E-state index is -4.56. The summed E-state index contributed by atoms with van der Waals surface area (Å²) in [4.78, 5) is 15.1. The zero-order valence-electron chi connectivity index (χ0n) is 12.7. The Morgan fingerprint density at radius 1 is 1.12 bits per heavy atom. The number of carbonyl (C=O) groups excluding carboxylic acids is 1. The predicted octanol–water partition coefficient (Wildman–Crippen LogP) is 4.11. The van der Waals surface area contributed by atoms with Crippen molar-refractivity contribution in [3.8, 4) is 11.3 Å². The second-order valence-corrected chi connectivity index (χ2v) is 5.05. The van der Waals surface area contributed by atoms with Gasteiger partial charge in [-0.15, -0.1) is 0 Å². The van der Waals surface area contributed by atoms with Gasteiger partial charge in [0.05, 0.1) is 5.56 Å². The van der Waals surface area contributed by atoms with E-state index in [1.807, 2.05) is 30.3 Å². The maximum absolute atomic E-state index is 12.4. The number of carbonyl (C=O) groups is 1. The second-order valence-electron chi connectivity index (χ2n) is 5.05. The van der Waals surface area contributed by atoms with Crippen molar-refractivity contribution in [3.05, 3.63) is 71.7 Å². The largest absolute Gasteiger partial charge is 0.454 e. The summed E-state index contributed by atoms with van der Waals surface area (Å²) in [7, 11) is 0. The van der Waals surface area contributed by atoms with Gasteiger partial charge in [-0.1, -0.05) is 35.5 Å². The van der Waals surface area contributed by atoms with Gasteiger partial charge in [0, 0.05) is 17.8 Å². The first-order chi connectivity index (χ1) is 11.9. The van der Waals surface area contributed by atoms with E-state index >= 15 is 0 Å². The molecule has 25 heavy (non-hydrogen) atoms. The van der Waals surface area contributed by atoms with Gasteiger partial charge in [0.15, 0.2) is 12.4 Å². The summed E-state index contributed by atoms with van der Waals surface area (Å²) >= 11 is 0. The van der Waals surface area contributed by atoms with Crippen LogP contribution >= 0.6 is 0 Å². The van der Waals surface area contributed by atoms with E-state index in [9.17, 15) is 18.0 Å². The van der Waals surface area contributed by atoms with Crippen molar-refractivity contribution in [1.29, 1.82) is 0 Å². The standard InChI is InChI=1S/C17H11F3N2O3/c18-17(19,20)15-7-6-12(9-21-15)16(23)24-10-13-8-14(22-25-13)11-4-2-1-3-5-11/h1-9H,10H2. The third-order valence-corrected chi connectivity index (χ3v) is 3.26. The van der Waals surface area contributed by atoms with Crippen molar-refractivity contribution in [1.82, 2.24) is 10.1 Å². The molecule has 0 unspecified atom stereocenters. The van der Waals surface area contributed by atoms with Gasteiger partial charge in [-0.05, 0) is 12.1 Å². The Kier molecular flexibility index (Phi) is 4.51. The minimum absolute atomic E-state index is 0.0872. The molecule has 0 atom stereocenters. The van der Waals surface area contributed by atoms with Crippen LogP contribution in [0.15, 0.2) is 59.3 Å². The maximum atomic E-state index is 12.4. The molecule has 5 nitrogen and oxygen atoms in total. The summed E-state index contributed by atoms with van der Waals surface area (Å²) in [6, 6.07) is 12.6. The first-order valence-electron chi connectivity index (χ1n) is 7.15. The third-order valence-electron chi connectivity index (χ3n) is 3.26. The summed E-state index contributed by atoms with van der Waals surface area (Å²) in [6.45, 7) is -0.195. The number of ether oxygens (including phenoxy) is 1. The van der Waals surface area contributed by atoms with Crippen LogP contribution in [-0.4, -0.2) is 16.1 Å². The maximum Gasteiger partial charge on any atom is 0.433 e. The van der Waals surface area contributed by atoms with Crippen LogP contribution in [0.2, 0.25) is 0 Å². The van der Waals surface area contributed by atoms with E-state index in [2.05, 4.69) is 10.1 Å². The van der Waals surface area contributed by atoms with E-state index in [0.29, 0.717) is 11.5 Å². The highest BCUT2D eigenvalue weighted by atomic mass is 19.4. The van der Waals surface area contributed by atoms with Gasteiger partial charge in [0.2, 0.25) is 0 Å². The van der Waals surface area contributed by atoms with Crippen molar-refractivity contribution in [3.63, 3.8) is 0 Å². The third kappa shape index (κ3) is 4.03. The molecule has 0 bridgehead atoms. The lowest BCUT2D eigenvalue weighted by Crippen LogP contribution is -2.10. The molecule has 128 valence electrons. The van der Waals surface area contributed by atoms with E-state index in [0.717, 1.165) is 23.9 Å². The zero-order chi connectivity index (χ0) is 17.9. The van der Waals surface area contributed by atoms with E-state index < -0.39 is 17.8 Å². The molecule has 0 fully saturated rings. The first kappa shape index (κ1) is 16.7. The molecule has 3 rings (SSSR count). The lowest BCUT2D eigenvalue weighted by Gasteiger charge is -2.06. The average Bonchev–Trinajstić information content (AvgIpc) is 3.09. The van der Waals surface area contributed by atoms with Gasteiger partial charge in [0.25, 0.3) is 0 Å².